The molecule has 0 radical (unpaired) electrons. The Morgan fingerprint density at radius 2 is 2.00 bits per heavy atom. The molecule has 1 saturated carbocycles. The van der Waals surface area contributed by atoms with Crippen LogP contribution in [-0.2, 0) is 17.5 Å². The molecule has 35 heavy (non-hydrogen) atoms. The zero-order valence-corrected chi connectivity index (χ0v) is 18.9. The van der Waals surface area contributed by atoms with Gasteiger partial charge in [0.05, 0.1) is 30.5 Å². The van der Waals surface area contributed by atoms with E-state index in [2.05, 4.69) is 20.3 Å². The minimum atomic E-state index is -4.48. The number of nitrogens with two attached hydrogens (primary N) is 1. The van der Waals surface area contributed by atoms with E-state index in [1.54, 1.807) is 9.80 Å². The average molecular weight is 497 g/mol. The van der Waals surface area contributed by atoms with Crippen LogP contribution < -0.4 is 16.0 Å². The second-order valence-electron chi connectivity index (χ2n) is 8.95. The zero-order valence-electron chi connectivity index (χ0n) is 18.9. The first-order valence-electron chi connectivity index (χ1n) is 11.3. The normalized spacial score (nSPS) is 21.1. The number of primary amides is 1. The van der Waals surface area contributed by atoms with Gasteiger partial charge >= 0.3 is 6.18 Å². The molecular formula is C22H27F4N7O2. The summed E-state index contributed by atoms with van der Waals surface area (Å²) in [6, 6.07) is 2.24. The number of aromatic nitrogens is 3. The van der Waals surface area contributed by atoms with E-state index in [1.807, 2.05) is 0 Å². The van der Waals surface area contributed by atoms with Crippen molar-refractivity contribution in [1.29, 1.82) is 0 Å². The van der Waals surface area contributed by atoms with Gasteiger partial charge in [-0.25, -0.2) is 9.97 Å². The number of hydrogen-bond donors (Lipinski definition) is 3. The molecule has 1 aliphatic carbocycles. The van der Waals surface area contributed by atoms with Gasteiger partial charge in [0, 0.05) is 31.2 Å². The molecule has 2 aliphatic rings. The number of piperidine rings is 1. The third kappa shape index (κ3) is 6.34. The maximum atomic E-state index is 15.4. The molecule has 2 atom stereocenters. The van der Waals surface area contributed by atoms with Crippen molar-refractivity contribution in [3.05, 3.63) is 41.7 Å². The lowest BCUT2D eigenvalue weighted by Crippen LogP contribution is -2.48. The summed E-state index contributed by atoms with van der Waals surface area (Å²) in [6.45, 7) is 1.32. The van der Waals surface area contributed by atoms with E-state index in [0.717, 1.165) is 25.1 Å². The summed E-state index contributed by atoms with van der Waals surface area (Å²) in [5.41, 5.74) is 4.73. The molecule has 190 valence electrons. The highest BCUT2D eigenvalue weighted by Crippen LogP contribution is 2.35. The first kappa shape index (κ1) is 25.0. The van der Waals surface area contributed by atoms with Crippen molar-refractivity contribution in [3.63, 3.8) is 0 Å². The standard InChI is InChI=1S/C22H27F4N7O2/c23-19-20(29-7-13-5-6-32(10-17(13)34)11-18(27)35)30-12-31-21(19)33(16-3-4-16)9-15-2-1-14(8-28-15)22(24,25)26/h1-2,8,12-13,16-17,34H,3-7,9-11H2,(H2,27,35)(H,29,30,31)/t13-,17-/m0/s1. The molecule has 9 nitrogen and oxygen atoms in total. The van der Waals surface area contributed by atoms with Crippen molar-refractivity contribution < 1.29 is 27.5 Å². The number of aliphatic hydroxyl groups excluding tert-OH is 1. The number of amides is 1. The van der Waals surface area contributed by atoms with Gasteiger partial charge in [0.25, 0.3) is 0 Å². The van der Waals surface area contributed by atoms with E-state index < -0.39 is 29.6 Å². The lowest BCUT2D eigenvalue weighted by molar-refractivity contribution is -0.137. The Balaban J connectivity index is 1.42. The van der Waals surface area contributed by atoms with Gasteiger partial charge in [0.2, 0.25) is 11.7 Å². The number of carbonyl (C=O) groups excluding carboxylic acids is 1. The summed E-state index contributed by atoms with van der Waals surface area (Å²) in [7, 11) is 0. The summed E-state index contributed by atoms with van der Waals surface area (Å²) in [5, 5.41) is 13.4. The number of rotatable bonds is 9. The van der Waals surface area contributed by atoms with Gasteiger partial charge in [0.1, 0.15) is 6.33 Å². The molecule has 13 heteroatoms. The van der Waals surface area contributed by atoms with Crippen LogP contribution in [0.1, 0.15) is 30.5 Å². The van der Waals surface area contributed by atoms with Crippen LogP contribution in [0.4, 0.5) is 29.2 Å². The number of alkyl halides is 3. The van der Waals surface area contributed by atoms with Crippen molar-refractivity contribution in [3.8, 4) is 0 Å². The molecule has 1 aliphatic heterocycles. The Morgan fingerprint density at radius 1 is 1.23 bits per heavy atom. The molecule has 4 N–H and O–H groups in total. The minimum Gasteiger partial charge on any atom is -0.391 e. The summed E-state index contributed by atoms with van der Waals surface area (Å²) >= 11 is 0. The van der Waals surface area contributed by atoms with Crippen molar-refractivity contribution >= 4 is 17.5 Å². The SMILES string of the molecule is NC(=O)CN1CC[C@@H](CNc2ncnc(N(Cc3ccc(C(F)(F)F)cn3)C3CC3)c2F)[C@@H](O)C1. The predicted molar refractivity (Wildman–Crippen MR) is 119 cm³/mol. The number of nitrogens with one attached hydrogen (secondary N) is 1. The fraction of sp³-hybridized carbons (Fsp3) is 0.545. The quantitative estimate of drug-likeness (QED) is 0.449. The van der Waals surface area contributed by atoms with E-state index in [1.165, 1.54) is 12.4 Å². The largest absolute Gasteiger partial charge is 0.417 e. The lowest BCUT2D eigenvalue weighted by Gasteiger charge is -2.35. The molecule has 2 fully saturated rings. The number of β-amino-alcohol motifs (C(OH)–C–C–N with tert-alkyl or cyclic N) is 1. The molecule has 1 saturated heterocycles. The fourth-order valence-electron chi connectivity index (χ4n) is 4.18. The van der Waals surface area contributed by atoms with Gasteiger partial charge in [-0.3, -0.25) is 14.7 Å². The number of pyridine rings is 1. The fourth-order valence-corrected chi connectivity index (χ4v) is 4.18. The van der Waals surface area contributed by atoms with Gasteiger partial charge in [-0.15, -0.1) is 0 Å². The monoisotopic (exact) mass is 497 g/mol. The number of likely N-dealkylation sites (tertiary alicyclic amines) is 1. The topological polar surface area (TPSA) is 120 Å². The van der Waals surface area contributed by atoms with Crippen LogP contribution in [0.2, 0.25) is 0 Å². The first-order chi connectivity index (χ1) is 16.6. The van der Waals surface area contributed by atoms with Crippen LogP contribution in [0.15, 0.2) is 24.7 Å². The molecule has 1 amide bonds. The van der Waals surface area contributed by atoms with Gasteiger partial charge in [-0.1, -0.05) is 0 Å². The molecule has 0 spiro atoms. The van der Waals surface area contributed by atoms with E-state index in [0.29, 0.717) is 25.2 Å². The van der Waals surface area contributed by atoms with Crippen LogP contribution >= 0.6 is 0 Å². The van der Waals surface area contributed by atoms with E-state index in [9.17, 15) is 23.1 Å². The maximum Gasteiger partial charge on any atom is 0.417 e. The van der Waals surface area contributed by atoms with Gasteiger partial charge < -0.3 is 21.1 Å². The first-order valence-corrected chi connectivity index (χ1v) is 11.3. The number of nitrogens with zero attached hydrogens (tertiary/aromatic N) is 5. The smallest absolute Gasteiger partial charge is 0.391 e. The Bertz CT molecular complexity index is 1030. The summed E-state index contributed by atoms with van der Waals surface area (Å²) in [6.07, 6.45) is -0.992. The Hall–Kier alpha value is -3.06. The predicted octanol–water partition coefficient (Wildman–Crippen LogP) is 1.78. The highest BCUT2D eigenvalue weighted by molar-refractivity contribution is 5.75. The Kier molecular flexibility index (Phi) is 7.36. The highest BCUT2D eigenvalue weighted by Gasteiger charge is 2.34. The van der Waals surface area contributed by atoms with Crippen molar-refractivity contribution in [2.24, 2.45) is 11.7 Å². The van der Waals surface area contributed by atoms with Crippen LogP contribution in [-0.4, -0.2) is 69.2 Å². The second-order valence-corrected chi connectivity index (χ2v) is 8.95. The molecule has 0 unspecified atom stereocenters. The maximum absolute atomic E-state index is 15.4. The third-order valence-electron chi connectivity index (χ3n) is 6.23. The minimum absolute atomic E-state index is 0.00717. The summed E-state index contributed by atoms with van der Waals surface area (Å²) in [5.74, 6) is -1.29. The highest BCUT2D eigenvalue weighted by atomic mass is 19.4. The van der Waals surface area contributed by atoms with Crippen LogP contribution in [0.5, 0.6) is 0 Å². The summed E-state index contributed by atoms with van der Waals surface area (Å²) in [4.78, 5) is 26.5. The molecule has 2 aromatic heterocycles. The number of carbonyl (C=O) groups is 1. The number of aliphatic hydroxyl groups is 1. The Morgan fingerprint density at radius 3 is 2.60 bits per heavy atom. The van der Waals surface area contributed by atoms with Gasteiger partial charge in [-0.2, -0.15) is 17.6 Å². The molecule has 2 aromatic rings. The van der Waals surface area contributed by atoms with Crippen molar-refractivity contribution in [1.82, 2.24) is 19.9 Å². The second kappa shape index (κ2) is 10.3. The number of anilines is 2. The molecule has 0 aromatic carbocycles. The van der Waals surface area contributed by atoms with E-state index >= 15 is 4.39 Å². The van der Waals surface area contributed by atoms with Crippen LogP contribution in [0, 0.1) is 11.7 Å². The number of halogens is 4. The average Bonchev–Trinajstić information content (AvgIpc) is 3.63. The zero-order chi connectivity index (χ0) is 25.2. The Labute approximate surface area is 199 Å². The molecule has 3 heterocycles. The van der Waals surface area contributed by atoms with E-state index in [-0.39, 0.29) is 43.2 Å². The van der Waals surface area contributed by atoms with Gasteiger partial charge in [0.15, 0.2) is 11.6 Å². The summed E-state index contributed by atoms with van der Waals surface area (Å²) < 4.78 is 53.8. The molecular weight excluding hydrogens is 470 g/mol. The molecule has 4 rings (SSSR count). The molecule has 0 bridgehead atoms. The third-order valence-corrected chi connectivity index (χ3v) is 6.23. The van der Waals surface area contributed by atoms with Crippen LogP contribution in [0.3, 0.4) is 0 Å². The van der Waals surface area contributed by atoms with Crippen molar-refractivity contribution in [2.75, 3.05) is 36.4 Å². The van der Waals surface area contributed by atoms with Gasteiger partial charge in [-0.05, 0) is 37.9 Å². The van der Waals surface area contributed by atoms with Crippen LogP contribution in [0.25, 0.3) is 0 Å². The lowest BCUT2D eigenvalue weighted by atomic mass is 9.94. The van der Waals surface area contributed by atoms with Crippen molar-refractivity contribution in [2.45, 2.75) is 44.1 Å². The van der Waals surface area contributed by atoms with E-state index in [4.69, 9.17) is 5.73 Å². The number of hydrogen-bond acceptors (Lipinski definition) is 8.